The van der Waals surface area contributed by atoms with Crippen LogP contribution in [0.1, 0.15) is 26.3 Å². The van der Waals surface area contributed by atoms with Gasteiger partial charge in [0, 0.05) is 18.0 Å². The molecule has 0 radical (unpaired) electrons. The van der Waals surface area contributed by atoms with Gasteiger partial charge in [-0.2, -0.15) is 8.42 Å². The molecule has 0 bridgehead atoms. The minimum absolute atomic E-state index is 0.105. The predicted octanol–water partition coefficient (Wildman–Crippen LogP) is 1.72. The number of primary amides is 1. The molecule has 184 valence electrons. The zero-order valence-corrected chi connectivity index (χ0v) is 20.1. The van der Waals surface area contributed by atoms with Crippen LogP contribution in [0.15, 0.2) is 56.6 Å². The molecular formula is C23H25N5O6S. The molecule has 2 aromatic carbocycles. The van der Waals surface area contributed by atoms with Crippen LogP contribution in [-0.4, -0.2) is 42.6 Å². The first-order valence-corrected chi connectivity index (χ1v) is 12.3. The summed E-state index contributed by atoms with van der Waals surface area (Å²) in [4.78, 5) is 24.5. The Morgan fingerprint density at radius 1 is 1.23 bits per heavy atom. The average molecular weight is 500 g/mol. The van der Waals surface area contributed by atoms with Crippen molar-refractivity contribution >= 4 is 38.4 Å². The topological polar surface area (TPSA) is 165 Å². The summed E-state index contributed by atoms with van der Waals surface area (Å²) in [6.45, 7) is 5.84. The largest absolute Gasteiger partial charge is 0.506 e. The Kier molecular flexibility index (Phi) is 6.15. The van der Waals surface area contributed by atoms with Crippen LogP contribution in [0.2, 0.25) is 0 Å². The quantitative estimate of drug-likeness (QED) is 0.381. The van der Waals surface area contributed by atoms with Crippen molar-refractivity contribution in [1.29, 1.82) is 0 Å². The molecule has 1 unspecified atom stereocenters. The number of hydrogen-bond acceptors (Lipinski definition) is 8. The molecule has 0 saturated carbocycles. The lowest BCUT2D eigenvalue weighted by molar-refractivity contribution is -0.123. The monoisotopic (exact) mass is 499 g/mol. The third kappa shape index (κ3) is 4.52. The van der Waals surface area contributed by atoms with Crippen LogP contribution >= 0.6 is 0 Å². The van der Waals surface area contributed by atoms with Crippen molar-refractivity contribution in [2.75, 3.05) is 17.3 Å². The summed E-state index contributed by atoms with van der Waals surface area (Å²) in [5.74, 6) is -1.10. The molecule has 0 spiro atoms. The Labute approximate surface area is 201 Å². The third-order valence-electron chi connectivity index (χ3n) is 5.36. The Morgan fingerprint density at radius 3 is 2.63 bits per heavy atom. The maximum atomic E-state index is 13.4. The molecule has 0 aliphatic carbocycles. The van der Waals surface area contributed by atoms with Crippen molar-refractivity contribution in [1.82, 2.24) is 4.68 Å². The number of nitrogens with zero attached hydrogens (tertiary/aromatic N) is 2. The molecule has 12 heteroatoms. The molecule has 1 aliphatic heterocycles. The summed E-state index contributed by atoms with van der Waals surface area (Å²) in [6.07, 6.45) is -0.974. The number of rotatable bonds is 7. The van der Waals surface area contributed by atoms with Crippen molar-refractivity contribution in [3.05, 3.63) is 58.4 Å². The van der Waals surface area contributed by atoms with E-state index in [4.69, 9.17) is 10.5 Å². The zero-order valence-electron chi connectivity index (χ0n) is 19.3. The van der Waals surface area contributed by atoms with E-state index in [2.05, 4.69) is 15.1 Å². The lowest BCUT2D eigenvalue weighted by Crippen LogP contribution is -2.37. The maximum absolute atomic E-state index is 13.4. The Morgan fingerprint density at radius 2 is 1.94 bits per heavy atom. The number of anilines is 1. The first-order chi connectivity index (χ1) is 16.5. The first-order valence-electron chi connectivity index (χ1n) is 10.8. The fourth-order valence-electron chi connectivity index (χ4n) is 3.55. The van der Waals surface area contributed by atoms with E-state index in [9.17, 15) is 23.1 Å². The van der Waals surface area contributed by atoms with E-state index < -0.39 is 33.3 Å². The standard InChI is InChI=1S/C23H25N5O6S/c1-12(2)11-25-28-17-7-5-4-6-15(17)20(29)19(23(28)31)22-26-16-9-8-14(34-13(3)21(24)30)10-18(16)35(32,33)27-22/h4-10,12-13,25,29H,11H2,1-3H3,(H2,24,30)(H,26,27). The smallest absolute Gasteiger partial charge is 0.286 e. The molecule has 4 rings (SSSR count). The summed E-state index contributed by atoms with van der Waals surface area (Å²) in [6, 6.07) is 10.8. The van der Waals surface area contributed by atoms with Gasteiger partial charge in [-0.05, 0) is 37.1 Å². The van der Waals surface area contributed by atoms with Gasteiger partial charge in [-0.15, -0.1) is 4.40 Å². The Balaban J connectivity index is 1.84. The van der Waals surface area contributed by atoms with Crippen molar-refractivity contribution in [3.8, 4) is 11.5 Å². The highest BCUT2D eigenvalue weighted by atomic mass is 32.2. The van der Waals surface area contributed by atoms with Gasteiger partial charge in [0.15, 0.2) is 11.9 Å². The van der Waals surface area contributed by atoms with Gasteiger partial charge in [0.1, 0.15) is 22.0 Å². The van der Waals surface area contributed by atoms with E-state index in [0.29, 0.717) is 17.4 Å². The lowest BCUT2D eigenvalue weighted by atomic mass is 10.1. The molecule has 3 aromatic rings. The van der Waals surface area contributed by atoms with E-state index >= 15 is 0 Å². The van der Waals surface area contributed by atoms with E-state index in [0.717, 1.165) is 0 Å². The molecule has 1 atom stereocenters. The van der Waals surface area contributed by atoms with Crippen LogP contribution in [0.3, 0.4) is 0 Å². The first kappa shape index (κ1) is 24.1. The summed E-state index contributed by atoms with van der Waals surface area (Å²) in [5.41, 5.74) is 7.84. The van der Waals surface area contributed by atoms with Crippen LogP contribution in [0, 0.1) is 5.92 Å². The van der Waals surface area contributed by atoms with Gasteiger partial charge in [-0.3, -0.25) is 9.59 Å². The highest BCUT2D eigenvalue weighted by Gasteiger charge is 2.30. The van der Waals surface area contributed by atoms with Gasteiger partial charge in [0.25, 0.3) is 21.5 Å². The van der Waals surface area contributed by atoms with Gasteiger partial charge >= 0.3 is 0 Å². The molecule has 2 heterocycles. The van der Waals surface area contributed by atoms with E-state index in [1.165, 1.54) is 29.8 Å². The van der Waals surface area contributed by atoms with Gasteiger partial charge in [-0.25, -0.2) is 4.68 Å². The van der Waals surface area contributed by atoms with Crippen molar-refractivity contribution in [2.24, 2.45) is 16.0 Å². The van der Waals surface area contributed by atoms with Gasteiger partial charge < -0.3 is 26.3 Å². The number of pyridine rings is 1. The number of amides is 1. The van der Waals surface area contributed by atoms with Crippen molar-refractivity contribution < 1.29 is 23.1 Å². The molecule has 35 heavy (non-hydrogen) atoms. The molecule has 0 fully saturated rings. The fourth-order valence-corrected chi connectivity index (χ4v) is 4.69. The second-order valence-electron chi connectivity index (χ2n) is 8.50. The molecule has 0 saturated heterocycles. The number of benzene rings is 2. The maximum Gasteiger partial charge on any atom is 0.286 e. The van der Waals surface area contributed by atoms with E-state index in [-0.39, 0.29) is 33.6 Å². The number of carbonyl (C=O) groups excluding carboxylic acids is 1. The van der Waals surface area contributed by atoms with Crippen molar-refractivity contribution in [3.63, 3.8) is 0 Å². The normalized spacial score (nSPS) is 15.1. The number of carbonyl (C=O) groups is 1. The number of para-hydroxylation sites is 1. The molecule has 11 nitrogen and oxygen atoms in total. The molecule has 1 aromatic heterocycles. The van der Waals surface area contributed by atoms with E-state index in [1.54, 1.807) is 24.3 Å². The van der Waals surface area contributed by atoms with Crippen LogP contribution in [-0.2, 0) is 14.8 Å². The minimum atomic E-state index is -4.29. The van der Waals surface area contributed by atoms with Crippen LogP contribution in [0.4, 0.5) is 5.69 Å². The second kappa shape index (κ2) is 8.95. The van der Waals surface area contributed by atoms with Crippen molar-refractivity contribution in [2.45, 2.75) is 31.8 Å². The summed E-state index contributed by atoms with van der Waals surface area (Å²) >= 11 is 0. The highest BCUT2D eigenvalue weighted by Crippen LogP contribution is 2.34. The number of hydrogen-bond donors (Lipinski definition) is 4. The molecular weight excluding hydrogens is 474 g/mol. The Bertz CT molecular complexity index is 1530. The third-order valence-corrected chi connectivity index (χ3v) is 6.67. The highest BCUT2D eigenvalue weighted by molar-refractivity contribution is 7.90. The van der Waals surface area contributed by atoms with Gasteiger partial charge in [0.2, 0.25) is 0 Å². The SMILES string of the molecule is CC(C)CNn1c(=O)c(C2=NS(=O)(=O)c3cc(OC(C)C(N)=O)ccc3N2)c(O)c2ccccc21. The summed E-state index contributed by atoms with van der Waals surface area (Å²) in [7, 11) is -4.29. The lowest BCUT2D eigenvalue weighted by Gasteiger charge is -2.22. The molecule has 5 N–H and O–H groups in total. The number of amidine groups is 1. The van der Waals surface area contributed by atoms with Gasteiger partial charge in [0.05, 0.1) is 11.2 Å². The second-order valence-corrected chi connectivity index (χ2v) is 10.1. The van der Waals surface area contributed by atoms with Gasteiger partial charge in [-0.1, -0.05) is 26.0 Å². The minimum Gasteiger partial charge on any atom is -0.506 e. The van der Waals surface area contributed by atoms with Crippen LogP contribution < -0.4 is 26.8 Å². The van der Waals surface area contributed by atoms with Crippen LogP contribution in [0.25, 0.3) is 10.9 Å². The number of aromatic hydroxyl groups is 1. The van der Waals surface area contributed by atoms with E-state index in [1.807, 2.05) is 13.8 Å². The van der Waals surface area contributed by atoms with Crippen LogP contribution in [0.5, 0.6) is 11.5 Å². The zero-order chi connectivity index (χ0) is 25.5. The summed E-state index contributed by atoms with van der Waals surface area (Å²) in [5, 5.41) is 14.2. The number of ether oxygens (including phenoxy) is 1. The summed E-state index contributed by atoms with van der Waals surface area (Å²) < 4.78 is 36.5. The molecule has 1 aliphatic rings. The number of nitrogens with one attached hydrogen (secondary N) is 2. The number of aromatic nitrogens is 1. The average Bonchev–Trinajstić information content (AvgIpc) is 2.79. The Hall–Kier alpha value is -4.06. The number of sulfonamides is 1. The number of nitrogens with two attached hydrogens (primary N) is 1. The number of fused-ring (bicyclic) bond motifs is 2. The predicted molar refractivity (Wildman–Crippen MR) is 132 cm³/mol. The fraction of sp³-hybridized carbons (Fsp3) is 0.261. The molecule has 1 amide bonds.